The van der Waals surface area contributed by atoms with E-state index in [9.17, 15) is 9.18 Å². The van der Waals surface area contributed by atoms with E-state index in [0.29, 0.717) is 17.4 Å². The zero-order chi connectivity index (χ0) is 20.6. The van der Waals surface area contributed by atoms with Gasteiger partial charge in [-0.2, -0.15) is 5.26 Å². The average Bonchev–Trinajstić information content (AvgIpc) is 2.75. The van der Waals surface area contributed by atoms with Crippen LogP contribution in [0.4, 0.5) is 4.39 Å². The van der Waals surface area contributed by atoms with Gasteiger partial charge in [0.1, 0.15) is 17.6 Å². The number of benzene rings is 2. The molecule has 0 N–H and O–H groups in total. The SMILES string of the molecule is CCC/C=C/C1CCC(c2ccc(C(=O)Oc3ccc(C#N)c(F)c3)cc2)CC1. The molecule has 3 rings (SSSR count). The van der Waals surface area contributed by atoms with E-state index in [-0.39, 0.29) is 11.3 Å². The number of nitriles is 1. The summed E-state index contributed by atoms with van der Waals surface area (Å²) in [7, 11) is 0. The van der Waals surface area contributed by atoms with Crippen LogP contribution < -0.4 is 4.74 Å². The van der Waals surface area contributed by atoms with E-state index < -0.39 is 11.8 Å². The quantitative estimate of drug-likeness (QED) is 0.319. The molecule has 4 heteroatoms. The normalized spacial score (nSPS) is 19.1. The van der Waals surface area contributed by atoms with E-state index in [1.165, 1.54) is 37.0 Å². The fraction of sp³-hybridized carbons (Fsp3) is 0.360. The van der Waals surface area contributed by atoms with Gasteiger partial charge in [-0.15, -0.1) is 0 Å². The lowest BCUT2D eigenvalue weighted by Crippen LogP contribution is -2.12. The van der Waals surface area contributed by atoms with E-state index >= 15 is 0 Å². The fourth-order valence-electron chi connectivity index (χ4n) is 3.81. The molecular formula is C25H26FNO2. The molecule has 0 unspecified atom stereocenters. The second-order valence-corrected chi connectivity index (χ2v) is 7.59. The summed E-state index contributed by atoms with van der Waals surface area (Å²) in [6, 6.07) is 13.0. The smallest absolute Gasteiger partial charge is 0.343 e. The Hall–Kier alpha value is -2.93. The maximum atomic E-state index is 13.7. The van der Waals surface area contributed by atoms with Gasteiger partial charge in [0.15, 0.2) is 0 Å². The number of unbranched alkanes of at least 4 members (excludes halogenated alkanes) is 1. The van der Waals surface area contributed by atoms with Gasteiger partial charge in [0, 0.05) is 6.07 Å². The minimum absolute atomic E-state index is 0.0790. The number of esters is 1. The first-order valence-electron chi connectivity index (χ1n) is 10.3. The first kappa shape index (κ1) is 20.8. The molecule has 0 bridgehead atoms. The Bertz CT molecular complexity index is 903. The second-order valence-electron chi connectivity index (χ2n) is 7.59. The summed E-state index contributed by atoms with van der Waals surface area (Å²) in [6.45, 7) is 2.20. The molecule has 1 aliphatic carbocycles. The predicted octanol–water partition coefficient (Wildman–Crippen LogP) is 6.55. The van der Waals surface area contributed by atoms with E-state index in [1.807, 2.05) is 12.1 Å². The molecule has 0 saturated heterocycles. The number of halogens is 1. The molecule has 0 aliphatic heterocycles. The third kappa shape index (κ3) is 5.54. The van der Waals surface area contributed by atoms with Crippen LogP contribution in [0.5, 0.6) is 5.75 Å². The number of allylic oxidation sites excluding steroid dienone is 2. The largest absolute Gasteiger partial charge is 0.423 e. The van der Waals surface area contributed by atoms with Crippen LogP contribution in [0, 0.1) is 23.1 Å². The minimum Gasteiger partial charge on any atom is -0.423 e. The van der Waals surface area contributed by atoms with Gasteiger partial charge in [-0.1, -0.05) is 37.6 Å². The molecule has 2 aromatic rings. The third-order valence-corrected chi connectivity index (χ3v) is 5.52. The van der Waals surface area contributed by atoms with Gasteiger partial charge in [-0.3, -0.25) is 0 Å². The van der Waals surface area contributed by atoms with Crippen LogP contribution in [0.2, 0.25) is 0 Å². The predicted molar refractivity (Wildman–Crippen MR) is 111 cm³/mol. The molecule has 0 amide bonds. The lowest BCUT2D eigenvalue weighted by molar-refractivity contribution is 0.0734. The molecule has 3 nitrogen and oxygen atoms in total. The van der Waals surface area contributed by atoms with E-state index in [0.717, 1.165) is 25.3 Å². The molecule has 1 saturated carbocycles. The number of ether oxygens (including phenoxy) is 1. The van der Waals surface area contributed by atoms with Crippen molar-refractivity contribution in [3.63, 3.8) is 0 Å². The second kappa shape index (κ2) is 10.0. The lowest BCUT2D eigenvalue weighted by atomic mass is 9.78. The van der Waals surface area contributed by atoms with Crippen molar-refractivity contribution in [1.82, 2.24) is 0 Å². The Morgan fingerprint density at radius 2 is 1.90 bits per heavy atom. The molecule has 1 fully saturated rings. The van der Waals surface area contributed by atoms with Crippen molar-refractivity contribution in [2.24, 2.45) is 5.92 Å². The number of rotatable bonds is 6. The van der Waals surface area contributed by atoms with Crippen molar-refractivity contribution in [2.75, 3.05) is 0 Å². The molecule has 29 heavy (non-hydrogen) atoms. The Morgan fingerprint density at radius 1 is 1.17 bits per heavy atom. The van der Waals surface area contributed by atoms with Gasteiger partial charge in [0.25, 0.3) is 0 Å². The zero-order valence-electron chi connectivity index (χ0n) is 16.7. The van der Waals surface area contributed by atoms with Gasteiger partial charge in [0.2, 0.25) is 0 Å². The zero-order valence-corrected chi connectivity index (χ0v) is 16.7. The highest BCUT2D eigenvalue weighted by Gasteiger charge is 2.21. The number of carbonyl (C=O) groups is 1. The Morgan fingerprint density at radius 3 is 2.52 bits per heavy atom. The number of nitrogens with zero attached hydrogens (tertiary/aromatic N) is 1. The highest BCUT2D eigenvalue weighted by molar-refractivity contribution is 5.91. The molecule has 0 radical (unpaired) electrons. The summed E-state index contributed by atoms with van der Waals surface area (Å²) in [6.07, 6.45) is 11.8. The molecule has 0 heterocycles. The highest BCUT2D eigenvalue weighted by atomic mass is 19.1. The Kier molecular flexibility index (Phi) is 7.19. The molecule has 150 valence electrons. The van der Waals surface area contributed by atoms with Gasteiger partial charge < -0.3 is 4.74 Å². The fourth-order valence-corrected chi connectivity index (χ4v) is 3.81. The summed E-state index contributed by atoms with van der Waals surface area (Å²) in [4.78, 5) is 12.3. The van der Waals surface area contributed by atoms with Gasteiger partial charge in [0.05, 0.1) is 11.1 Å². The van der Waals surface area contributed by atoms with Gasteiger partial charge >= 0.3 is 5.97 Å². The summed E-state index contributed by atoms with van der Waals surface area (Å²) in [5.41, 5.74) is 1.60. The van der Waals surface area contributed by atoms with Crippen LogP contribution in [0.15, 0.2) is 54.6 Å². The maximum absolute atomic E-state index is 13.7. The number of hydrogen-bond donors (Lipinski definition) is 0. The van der Waals surface area contributed by atoms with E-state index in [1.54, 1.807) is 18.2 Å². The first-order valence-corrected chi connectivity index (χ1v) is 10.3. The maximum Gasteiger partial charge on any atom is 0.343 e. The van der Waals surface area contributed by atoms with Crippen molar-refractivity contribution in [3.05, 3.63) is 77.1 Å². The first-order chi connectivity index (χ1) is 14.1. The lowest BCUT2D eigenvalue weighted by Gasteiger charge is -2.27. The van der Waals surface area contributed by atoms with Crippen molar-refractivity contribution in [3.8, 4) is 11.8 Å². The van der Waals surface area contributed by atoms with Gasteiger partial charge in [-0.25, -0.2) is 9.18 Å². The molecular weight excluding hydrogens is 365 g/mol. The average molecular weight is 391 g/mol. The van der Waals surface area contributed by atoms with Crippen LogP contribution >= 0.6 is 0 Å². The summed E-state index contributed by atoms with van der Waals surface area (Å²) in [5.74, 6) is 0.0760. The Labute approximate surface area is 171 Å². The summed E-state index contributed by atoms with van der Waals surface area (Å²) in [5, 5.41) is 8.76. The molecule has 2 aromatic carbocycles. The topological polar surface area (TPSA) is 50.1 Å². The van der Waals surface area contributed by atoms with Crippen molar-refractivity contribution in [1.29, 1.82) is 5.26 Å². The van der Waals surface area contributed by atoms with Crippen LogP contribution in [0.1, 0.15) is 72.9 Å². The van der Waals surface area contributed by atoms with E-state index in [4.69, 9.17) is 10.00 Å². The van der Waals surface area contributed by atoms with Crippen LogP contribution in [0.25, 0.3) is 0 Å². The van der Waals surface area contributed by atoms with Crippen LogP contribution in [-0.4, -0.2) is 5.97 Å². The summed E-state index contributed by atoms with van der Waals surface area (Å²) < 4.78 is 18.9. The third-order valence-electron chi connectivity index (χ3n) is 5.52. The van der Waals surface area contributed by atoms with Crippen LogP contribution in [-0.2, 0) is 0 Å². The number of hydrogen-bond acceptors (Lipinski definition) is 3. The molecule has 0 atom stereocenters. The molecule has 1 aliphatic rings. The van der Waals surface area contributed by atoms with Crippen molar-refractivity contribution < 1.29 is 13.9 Å². The monoisotopic (exact) mass is 391 g/mol. The minimum atomic E-state index is -0.701. The van der Waals surface area contributed by atoms with Crippen molar-refractivity contribution in [2.45, 2.75) is 51.4 Å². The molecule has 0 aromatic heterocycles. The standard InChI is InChI=1S/C25H26FNO2/c1-2-3-4-5-18-6-8-19(9-7-18)20-10-12-21(13-11-20)25(28)29-23-15-14-22(17-27)24(26)16-23/h4-5,10-16,18-19H,2-3,6-9H2,1H3/b5-4+. The Balaban J connectivity index is 1.57. The van der Waals surface area contributed by atoms with Gasteiger partial charge in [-0.05, 0) is 73.8 Å². The number of carbonyl (C=O) groups excluding carboxylic acids is 1. The van der Waals surface area contributed by atoms with Crippen molar-refractivity contribution >= 4 is 5.97 Å². The molecule has 0 spiro atoms. The van der Waals surface area contributed by atoms with E-state index in [2.05, 4.69) is 19.1 Å². The summed E-state index contributed by atoms with van der Waals surface area (Å²) >= 11 is 0. The highest BCUT2D eigenvalue weighted by Crippen LogP contribution is 2.36. The van der Waals surface area contributed by atoms with Crippen LogP contribution in [0.3, 0.4) is 0 Å².